The quantitative estimate of drug-likeness (QED) is 0.714. The van der Waals surface area contributed by atoms with Gasteiger partial charge in [-0.1, -0.05) is 13.3 Å². The molecule has 0 aliphatic carbocycles. The van der Waals surface area contributed by atoms with Crippen molar-refractivity contribution in [2.24, 2.45) is 0 Å². The topological polar surface area (TPSA) is 87.8 Å². The summed E-state index contributed by atoms with van der Waals surface area (Å²) in [5.41, 5.74) is 1.33. The Morgan fingerprint density at radius 1 is 1.50 bits per heavy atom. The number of hydrogen-bond acceptors (Lipinski definition) is 5. The number of hydrogen-bond donors (Lipinski definition) is 2. The van der Waals surface area contributed by atoms with Crippen LogP contribution in [0, 0.1) is 0 Å². The van der Waals surface area contributed by atoms with Gasteiger partial charge < -0.3 is 19.8 Å². The van der Waals surface area contributed by atoms with Crippen LogP contribution in [-0.4, -0.2) is 57.2 Å². The first-order valence-corrected chi connectivity index (χ1v) is 7.86. The highest BCUT2D eigenvalue weighted by molar-refractivity contribution is 5.77. The zero-order valence-corrected chi connectivity index (χ0v) is 13.1. The number of aryl methyl sites for hydroxylation is 1. The summed E-state index contributed by atoms with van der Waals surface area (Å²) >= 11 is 0. The minimum absolute atomic E-state index is 0.0185. The Morgan fingerprint density at radius 3 is 3.05 bits per heavy atom. The summed E-state index contributed by atoms with van der Waals surface area (Å²) in [7, 11) is 0. The molecular formula is C15H25N3O4. The molecule has 1 unspecified atom stereocenters. The van der Waals surface area contributed by atoms with Gasteiger partial charge in [-0.2, -0.15) is 5.10 Å². The van der Waals surface area contributed by atoms with Gasteiger partial charge in [0, 0.05) is 19.7 Å². The van der Waals surface area contributed by atoms with Crippen molar-refractivity contribution < 1.29 is 19.7 Å². The van der Waals surface area contributed by atoms with Crippen LogP contribution in [0.4, 0.5) is 0 Å². The molecule has 0 saturated carbocycles. The van der Waals surface area contributed by atoms with Gasteiger partial charge in [0.2, 0.25) is 5.91 Å². The highest BCUT2D eigenvalue weighted by atomic mass is 16.5. The van der Waals surface area contributed by atoms with Crippen LogP contribution in [0.3, 0.4) is 0 Å². The molecule has 22 heavy (non-hydrogen) atoms. The van der Waals surface area contributed by atoms with Gasteiger partial charge in [0.05, 0.1) is 24.5 Å². The second kappa shape index (κ2) is 8.26. The smallest absolute Gasteiger partial charge is 0.248 e. The van der Waals surface area contributed by atoms with Crippen molar-refractivity contribution in [3.63, 3.8) is 0 Å². The lowest BCUT2D eigenvalue weighted by molar-refractivity contribution is -0.136. The monoisotopic (exact) mass is 311 g/mol. The predicted molar refractivity (Wildman–Crippen MR) is 80.0 cm³/mol. The van der Waals surface area contributed by atoms with E-state index in [1.54, 1.807) is 15.6 Å². The first kappa shape index (κ1) is 16.9. The second-order valence-electron chi connectivity index (χ2n) is 5.56. The fourth-order valence-corrected chi connectivity index (χ4v) is 2.45. The summed E-state index contributed by atoms with van der Waals surface area (Å²) in [5.74, 6) is -0.0185. The van der Waals surface area contributed by atoms with Crippen molar-refractivity contribution >= 4 is 5.91 Å². The fraction of sp³-hybridized carbons (Fsp3) is 0.733. The molecule has 2 heterocycles. The summed E-state index contributed by atoms with van der Waals surface area (Å²) < 4.78 is 7.20. The van der Waals surface area contributed by atoms with E-state index in [0.717, 1.165) is 25.0 Å². The molecule has 2 N–H and O–H groups in total. The van der Waals surface area contributed by atoms with E-state index < -0.39 is 6.10 Å². The van der Waals surface area contributed by atoms with Crippen LogP contribution in [-0.2, 0) is 22.6 Å². The molecule has 0 aromatic carbocycles. The van der Waals surface area contributed by atoms with Crippen LogP contribution in [0.1, 0.15) is 43.7 Å². The van der Waals surface area contributed by atoms with Crippen LogP contribution in [0.15, 0.2) is 6.07 Å². The van der Waals surface area contributed by atoms with Gasteiger partial charge in [-0.25, -0.2) is 0 Å². The van der Waals surface area contributed by atoms with E-state index in [1.165, 1.54) is 0 Å². The van der Waals surface area contributed by atoms with Crippen molar-refractivity contribution in [3.05, 3.63) is 17.5 Å². The number of ether oxygens (including phenoxy) is 1. The van der Waals surface area contributed by atoms with E-state index in [-0.39, 0.29) is 19.1 Å². The maximum absolute atomic E-state index is 12.2. The largest absolute Gasteiger partial charge is 0.393 e. The summed E-state index contributed by atoms with van der Waals surface area (Å²) in [6, 6.07) is 1.75. The van der Waals surface area contributed by atoms with Gasteiger partial charge in [-0.3, -0.25) is 9.48 Å². The average molecular weight is 311 g/mol. The van der Waals surface area contributed by atoms with Crippen molar-refractivity contribution in [2.45, 2.75) is 45.4 Å². The lowest BCUT2D eigenvalue weighted by atomic mass is 10.2. The second-order valence-corrected chi connectivity index (χ2v) is 5.56. The first-order valence-electron chi connectivity index (χ1n) is 7.86. The number of aliphatic hydroxyl groups excluding tert-OH is 2. The molecular weight excluding hydrogens is 286 g/mol. The van der Waals surface area contributed by atoms with E-state index >= 15 is 0 Å². The number of amides is 1. The third kappa shape index (κ3) is 4.28. The van der Waals surface area contributed by atoms with Crippen LogP contribution >= 0.6 is 0 Å². The van der Waals surface area contributed by atoms with Crippen LogP contribution < -0.4 is 0 Å². The van der Waals surface area contributed by atoms with Crippen molar-refractivity contribution in [2.75, 3.05) is 26.4 Å². The number of aliphatic hydroxyl groups is 2. The number of nitrogens with zero attached hydrogens (tertiary/aromatic N) is 3. The van der Waals surface area contributed by atoms with Crippen molar-refractivity contribution in [3.8, 4) is 0 Å². The number of carbonyl (C=O) groups is 1. The Balaban J connectivity index is 1.95. The molecule has 0 bridgehead atoms. The molecule has 7 nitrogen and oxygen atoms in total. The molecule has 2 rings (SSSR count). The van der Waals surface area contributed by atoms with Crippen molar-refractivity contribution in [1.29, 1.82) is 0 Å². The lowest BCUT2D eigenvalue weighted by Crippen LogP contribution is -2.33. The molecule has 124 valence electrons. The standard InChI is InChI=1S/C15H25N3O4/c1-2-3-7-22-11-15(21)17-5-4-6-18-12(9-17)8-13(16-18)14(20)10-19/h8,14,19-20H,2-7,9-11H2,1H3. The van der Waals surface area contributed by atoms with Gasteiger partial charge >= 0.3 is 0 Å². The molecule has 0 spiro atoms. The molecule has 1 aliphatic rings. The number of carbonyl (C=O) groups excluding carboxylic acids is 1. The number of fused-ring (bicyclic) bond motifs is 1. The molecule has 7 heteroatoms. The minimum atomic E-state index is -0.971. The Bertz CT molecular complexity index is 489. The van der Waals surface area contributed by atoms with E-state index in [0.29, 0.717) is 31.9 Å². The third-order valence-electron chi connectivity index (χ3n) is 3.77. The van der Waals surface area contributed by atoms with Crippen molar-refractivity contribution in [1.82, 2.24) is 14.7 Å². The van der Waals surface area contributed by atoms with Crippen LogP contribution in [0.5, 0.6) is 0 Å². The zero-order valence-electron chi connectivity index (χ0n) is 13.1. The molecule has 0 saturated heterocycles. The Hall–Kier alpha value is -1.44. The maximum atomic E-state index is 12.2. The van der Waals surface area contributed by atoms with Gasteiger partial charge in [0.15, 0.2) is 0 Å². The normalized spacial score (nSPS) is 16.2. The number of aromatic nitrogens is 2. The Kier molecular flexibility index (Phi) is 6.35. The highest BCUT2D eigenvalue weighted by Gasteiger charge is 2.22. The lowest BCUT2D eigenvalue weighted by Gasteiger charge is -2.19. The molecule has 1 amide bonds. The first-order chi connectivity index (χ1) is 10.7. The van der Waals surface area contributed by atoms with Gasteiger partial charge in [-0.05, 0) is 18.9 Å². The van der Waals surface area contributed by atoms with E-state index in [4.69, 9.17) is 9.84 Å². The SMILES string of the molecule is CCCCOCC(=O)N1CCCn2nc(C(O)CO)cc2C1. The van der Waals surface area contributed by atoms with Gasteiger partial charge in [-0.15, -0.1) is 0 Å². The highest BCUT2D eigenvalue weighted by Crippen LogP contribution is 2.18. The molecule has 1 atom stereocenters. The summed E-state index contributed by atoms with van der Waals surface area (Å²) in [5, 5.41) is 23.0. The molecule has 1 aromatic rings. The summed E-state index contributed by atoms with van der Waals surface area (Å²) in [4.78, 5) is 14.0. The van der Waals surface area contributed by atoms with Crippen LogP contribution in [0.2, 0.25) is 0 Å². The minimum Gasteiger partial charge on any atom is -0.393 e. The zero-order chi connectivity index (χ0) is 15.9. The fourth-order valence-electron chi connectivity index (χ4n) is 2.45. The maximum Gasteiger partial charge on any atom is 0.248 e. The predicted octanol–water partition coefficient (Wildman–Crippen LogP) is 0.458. The Labute approximate surface area is 130 Å². The Morgan fingerprint density at radius 2 is 2.32 bits per heavy atom. The summed E-state index contributed by atoms with van der Waals surface area (Å²) in [6.45, 7) is 4.29. The molecule has 0 fully saturated rings. The molecule has 1 aromatic heterocycles. The third-order valence-corrected chi connectivity index (χ3v) is 3.77. The van der Waals surface area contributed by atoms with E-state index in [9.17, 15) is 9.90 Å². The van der Waals surface area contributed by atoms with E-state index in [1.807, 2.05) is 0 Å². The number of rotatable bonds is 7. The molecule has 0 radical (unpaired) electrons. The average Bonchev–Trinajstić information content (AvgIpc) is 2.82. The van der Waals surface area contributed by atoms with Crippen LogP contribution in [0.25, 0.3) is 0 Å². The van der Waals surface area contributed by atoms with Gasteiger partial charge in [0.1, 0.15) is 12.7 Å². The molecule has 1 aliphatic heterocycles. The van der Waals surface area contributed by atoms with E-state index in [2.05, 4.69) is 12.0 Å². The summed E-state index contributed by atoms with van der Waals surface area (Å²) in [6.07, 6.45) is 1.85. The number of unbranched alkanes of at least 4 members (excludes halogenated alkanes) is 1. The van der Waals surface area contributed by atoms with Gasteiger partial charge in [0.25, 0.3) is 0 Å².